The molecule has 0 radical (unpaired) electrons. The van der Waals surface area contributed by atoms with E-state index in [4.69, 9.17) is 16.3 Å². The Hall–Kier alpha value is -1.69. The van der Waals surface area contributed by atoms with Gasteiger partial charge in [-0.15, -0.1) is 0 Å². The highest BCUT2D eigenvalue weighted by molar-refractivity contribution is 6.31. The van der Waals surface area contributed by atoms with E-state index in [9.17, 15) is 4.79 Å². The van der Waals surface area contributed by atoms with Crippen LogP contribution in [0.1, 0.15) is 11.3 Å². The van der Waals surface area contributed by atoms with Crippen LogP contribution in [0.4, 0.5) is 0 Å². The molecule has 0 amide bonds. The number of hydrogen-bond acceptors (Lipinski definition) is 4. The first-order chi connectivity index (χ1) is 11.2. The third-order valence-corrected chi connectivity index (χ3v) is 4.38. The van der Waals surface area contributed by atoms with Crippen LogP contribution in [0.5, 0.6) is 0 Å². The topological polar surface area (TPSA) is 58.2 Å². The second-order valence-corrected chi connectivity index (χ2v) is 6.28. The smallest absolute Gasteiger partial charge is 0.250 e. The van der Waals surface area contributed by atoms with Gasteiger partial charge < -0.3 is 9.72 Å². The molecule has 23 heavy (non-hydrogen) atoms. The van der Waals surface area contributed by atoms with Gasteiger partial charge in [-0.05, 0) is 18.1 Å². The van der Waals surface area contributed by atoms with Crippen molar-refractivity contribution < 1.29 is 4.74 Å². The van der Waals surface area contributed by atoms with E-state index in [2.05, 4.69) is 20.9 Å². The number of aromatic nitrogens is 2. The van der Waals surface area contributed by atoms with Gasteiger partial charge in [-0.1, -0.05) is 29.8 Å². The van der Waals surface area contributed by atoms with Crippen molar-refractivity contribution in [1.82, 2.24) is 14.9 Å². The summed E-state index contributed by atoms with van der Waals surface area (Å²) in [5.74, 6) is 0.314. The van der Waals surface area contributed by atoms with Gasteiger partial charge in [-0.3, -0.25) is 9.69 Å². The van der Waals surface area contributed by atoms with E-state index in [1.165, 1.54) is 6.33 Å². The Bertz CT molecular complexity index is 704. The molecule has 1 aliphatic heterocycles. The molecular weight excluding hydrogens is 314 g/mol. The van der Waals surface area contributed by atoms with Crippen LogP contribution in [0.3, 0.4) is 0 Å². The molecular formula is C17H20ClN3O2. The number of nitrogens with zero attached hydrogens (tertiary/aromatic N) is 2. The first-order valence-electron chi connectivity index (χ1n) is 7.78. The fraction of sp³-hybridized carbons (Fsp3) is 0.412. The molecule has 2 aromatic rings. The second-order valence-electron chi connectivity index (χ2n) is 5.87. The summed E-state index contributed by atoms with van der Waals surface area (Å²) < 4.78 is 5.72. The number of aromatic amines is 1. The van der Waals surface area contributed by atoms with Crippen LogP contribution >= 0.6 is 11.6 Å². The van der Waals surface area contributed by atoms with E-state index in [-0.39, 0.29) is 5.56 Å². The Kier molecular flexibility index (Phi) is 5.43. The van der Waals surface area contributed by atoms with E-state index in [0.29, 0.717) is 19.1 Å². The Morgan fingerprint density at radius 3 is 3.09 bits per heavy atom. The molecule has 1 fully saturated rings. The predicted molar refractivity (Wildman–Crippen MR) is 89.6 cm³/mol. The number of H-pyrrole nitrogens is 1. The van der Waals surface area contributed by atoms with E-state index in [0.717, 1.165) is 42.3 Å². The highest BCUT2D eigenvalue weighted by atomic mass is 35.5. The molecule has 1 aromatic carbocycles. The molecule has 3 rings (SSSR count). The largest absolute Gasteiger partial charge is 0.380 e. The minimum absolute atomic E-state index is 0.113. The van der Waals surface area contributed by atoms with E-state index in [1.54, 1.807) is 6.07 Å². The van der Waals surface area contributed by atoms with Crippen LogP contribution < -0.4 is 5.56 Å². The summed E-state index contributed by atoms with van der Waals surface area (Å²) in [4.78, 5) is 20.5. The maximum Gasteiger partial charge on any atom is 0.250 e. The summed E-state index contributed by atoms with van der Waals surface area (Å²) in [6.45, 7) is 3.99. The summed E-state index contributed by atoms with van der Waals surface area (Å²) in [7, 11) is 0. The van der Waals surface area contributed by atoms with Crippen molar-refractivity contribution >= 4 is 11.6 Å². The monoisotopic (exact) mass is 333 g/mol. The zero-order chi connectivity index (χ0) is 16.1. The van der Waals surface area contributed by atoms with Gasteiger partial charge >= 0.3 is 0 Å². The zero-order valence-corrected chi connectivity index (χ0v) is 13.6. The van der Waals surface area contributed by atoms with Crippen LogP contribution in [-0.2, 0) is 17.7 Å². The molecule has 1 aliphatic rings. The number of nitrogens with one attached hydrogen (secondary N) is 1. The molecule has 1 saturated heterocycles. The van der Waals surface area contributed by atoms with Crippen molar-refractivity contribution in [1.29, 1.82) is 0 Å². The van der Waals surface area contributed by atoms with Gasteiger partial charge in [0.1, 0.15) is 0 Å². The van der Waals surface area contributed by atoms with Crippen molar-refractivity contribution in [2.45, 2.75) is 13.0 Å². The molecule has 2 heterocycles. The fourth-order valence-electron chi connectivity index (χ4n) is 2.90. The molecule has 0 spiro atoms. The Morgan fingerprint density at radius 2 is 2.26 bits per heavy atom. The molecule has 6 heteroatoms. The SMILES string of the molecule is O=c1cc(C[C@H]2COCCN(Cc3ccccc3Cl)C2)nc[nH]1. The normalized spacial score (nSPS) is 19.4. The van der Waals surface area contributed by atoms with Crippen LogP contribution in [0.2, 0.25) is 5.02 Å². The van der Waals surface area contributed by atoms with Crippen molar-refractivity contribution in [3.8, 4) is 0 Å². The first kappa shape index (κ1) is 16.2. The second kappa shape index (κ2) is 7.73. The molecule has 1 atom stereocenters. The number of ether oxygens (including phenoxy) is 1. The number of halogens is 1. The third kappa shape index (κ3) is 4.64. The molecule has 0 aliphatic carbocycles. The van der Waals surface area contributed by atoms with Crippen molar-refractivity contribution in [2.24, 2.45) is 5.92 Å². The summed E-state index contributed by atoms with van der Waals surface area (Å²) in [5.41, 5.74) is 1.82. The molecule has 5 nitrogen and oxygen atoms in total. The standard InChI is InChI=1S/C17H20ClN3O2/c18-16-4-2-1-3-14(16)10-21-5-6-23-11-13(9-21)7-15-8-17(22)20-12-19-15/h1-4,8,12-13H,5-7,9-11H2,(H,19,20,22)/t13-/m1/s1. The van der Waals surface area contributed by atoms with E-state index in [1.807, 2.05) is 18.2 Å². The minimum atomic E-state index is -0.113. The predicted octanol–water partition coefficient (Wildman–Crippen LogP) is 2.11. The van der Waals surface area contributed by atoms with Crippen molar-refractivity contribution in [3.63, 3.8) is 0 Å². The summed E-state index contributed by atoms with van der Waals surface area (Å²) in [6.07, 6.45) is 2.19. The minimum Gasteiger partial charge on any atom is -0.380 e. The number of benzene rings is 1. The van der Waals surface area contributed by atoms with Gasteiger partial charge in [-0.25, -0.2) is 4.98 Å². The molecule has 0 bridgehead atoms. The van der Waals surface area contributed by atoms with Crippen LogP contribution in [-0.4, -0.2) is 41.2 Å². The van der Waals surface area contributed by atoms with Gasteiger partial charge in [0, 0.05) is 42.3 Å². The van der Waals surface area contributed by atoms with Crippen molar-refractivity contribution in [2.75, 3.05) is 26.3 Å². The molecule has 1 aromatic heterocycles. The molecule has 0 saturated carbocycles. The lowest BCUT2D eigenvalue weighted by Crippen LogP contribution is -2.31. The van der Waals surface area contributed by atoms with Gasteiger partial charge in [-0.2, -0.15) is 0 Å². The van der Waals surface area contributed by atoms with Crippen molar-refractivity contribution in [3.05, 3.63) is 63.3 Å². The third-order valence-electron chi connectivity index (χ3n) is 4.01. The Morgan fingerprint density at radius 1 is 1.39 bits per heavy atom. The Balaban J connectivity index is 1.66. The Labute approximate surface area is 140 Å². The lowest BCUT2D eigenvalue weighted by molar-refractivity contribution is 0.121. The van der Waals surface area contributed by atoms with E-state index >= 15 is 0 Å². The number of rotatable bonds is 4. The zero-order valence-electron chi connectivity index (χ0n) is 12.9. The van der Waals surface area contributed by atoms with Gasteiger partial charge in [0.05, 0.1) is 19.5 Å². The van der Waals surface area contributed by atoms with Crippen LogP contribution in [0.15, 0.2) is 41.5 Å². The highest BCUT2D eigenvalue weighted by Gasteiger charge is 2.20. The maximum atomic E-state index is 11.4. The summed E-state index contributed by atoms with van der Waals surface area (Å²) in [5, 5.41) is 0.797. The molecule has 1 N–H and O–H groups in total. The van der Waals surface area contributed by atoms with Crippen LogP contribution in [0, 0.1) is 5.92 Å². The average Bonchev–Trinajstić information content (AvgIpc) is 2.75. The maximum absolute atomic E-state index is 11.4. The lowest BCUT2D eigenvalue weighted by Gasteiger charge is -2.23. The van der Waals surface area contributed by atoms with E-state index < -0.39 is 0 Å². The van der Waals surface area contributed by atoms with Crippen LogP contribution in [0.25, 0.3) is 0 Å². The first-order valence-corrected chi connectivity index (χ1v) is 8.15. The summed E-state index contributed by atoms with van der Waals surface area (Å²) in [6, 6.07) is 9.49. The number of hydrogen-bond donors (Lipinski definition) is 1. The van der Waals surface area contributed by atoms with Gasteiger partial charge in [0.15, 0.2) is 0 Å². The summed E-state index contributed by atoms with van der Waals surface area (Å²) >= 11 is 6.26. The fourth-order valence-corrected chi connectivity index (χ4v) is 3.10. The molecule has 122 valence electrons. The van der Waals surface area contributed by atoms with Gasteiger partial charge in [0.2, 0.25) is 0 Å². The molecule has 0 unspecified atom stereocenters. The lowest BCUT2D eigenvalue weighted by atomic mass is 10.0. The van der Waals surface area contributed by atoms with Gasteiger partial charge in [0.25, 0.3) is 5.56 Å². The average molecular weight is 334 g/mol. The quantitative estimate of drug-likeness (QED) is 0.931. The highest BCUT2D eigenvalue weighted by Crippen LogP contribution is 2.19.